The first kappa shape index (κ1) is 21.8. The highest BCUT2D eigenvalue weighted by Gasteiger charge is 2.33. The molecule has 0 bridgehead atoms. The van der Waals surface area contributed by atoms with Gasteiger partial charge in [0.2, 0.25) is 0 Å². The van der Waals surface area contributed by atoms with E-state index in [0.717, 1.165) is 9.86 Å². The number of rotatable bonds is 5. The minimum Gasteiger partial charge on any atom is -0.405 e. The quantitative estimate of drug-likeness (QED) is 0.282. The fourth-order valence-electron chi connectivity index (χ4n) is 3.57. The highest BCUT2D eigenvalue weighted by atomic mass is 79.9. The van der Waals surface area contributed by atoms with Gasteiger partial charge in [0.1, 0.15) is 5.75 Å². The van der Waals surface area contributed by atoms with Gasteiger partial charge in [-0.05, 0) is 52.7 Å². The van der Waals surface area contributed by atoms with Gasteiger partial charge in [-0.2, -0.15) is 0 Å². The first-order chi connectivity index (χ1) is 14.8. The number of hydrogen-bond donors (Lipinski definition) is 0. The minimum atomic E-state index is -4.89. The number of ether oxygens (including phenoxy) is 1. The standard InChI is InChI=1S/C23H16BrF3O3S/c1-2-29-31(28)20-12-8-14-5-3-4-6-17(14)22(20)21-18-10-9-16(24)13-15(18)7-11-19(21)30-23(25,26)27/h3-13H,2H2,1H3. The summed E-state index contributed by atoms with van der Waals surface area (Å²) in [6.07, 6.45) is -4.89. The third kappa shape index (κ3) is 4.46. The maximum atomic E-state index is 13.3. The van der Waals surface area contributed by atoms with Crippen LogP contribution in [0.3, 0.4) is 0 Å². The van der Waals surface area contributed by atoms with Crippen LogP contribution in [0.15, 0.2) is 76.1 Å². The molecule has 1 unspecified atom stereocenters. The van der Waals surface area contributed by atoms with E-state index in [-0.39, 0.29) is 22.8 Å². The molecular formula is C23H16BrF3O3S. The molecule has 0 aliphatic heterocycles. The van der Waals surface area contributed by atoms with Gasteiger partial charge in [-0.3, -0.25) is 4.18 Å². The van der Waals surface area contributed by atoms with Crippen LogP contribution in [0, 0.1) is 0 Å². The van der Waals surface area contributed by atoms with E-state index >= 15 is 0 Å². The van der Waals surface area contributed by atoms with Crippen molar-refractivity contribution in [1.29, 1.82) is 0 Å². The van der Waals surface area contributed by atoms with Crippen molar-refractivity contribution in [2.24, 2.45) is 0 Å². The molecule has 4 rings (SSSR count). The summed E-state index contributed by atoms with van der Waals surface area (Å²) in [4.78, 5) is 0.281. The number of alkyl halides is 3. The van der Waals surface area contributed by atoms with E-state index < -0.39 is 17.4 Å². The van der Waals surface area contributed by atoms with Crippen LogP contribution in [0.2, 0.25) is 0 Å². The van der Waals surface area contributed by atoms with Gasteiger partial charge in [0.15, 0.2) is 11.1 Å². The normalized spacial score (nSPS) is 12.9. The second-order valence-corrected chi connectivity index (χ2v) is 8.71. The van der Waals surface area contributed by atoms with E-state index in [0.29, 0.717) is 21.7 Å². The van der Waals surface area contributed by atoms with Crippen molar-refractivity contribution >= 4 is 48.6 Å². The molecule has 0 radical (unpaired) electrons. The minimum absolute atomic E-state index is 0.188. The van der Waals surface area contributed by atoms with Crippen LogP contribution in [0.1, 0.15) is 6.92 Å². The Labute approximate surface area is 187 Å². The Bertz CT molecular complexity index is 1300. The second kappa shape index (κ2) is 8.61. The van der Waals surface area contributed by atoms with Crippen LogP contribution in [0.4, 0.5) is 13.2 Å². The summed E-state index contributed by atoms with van der Waals surface area (Å²) in [5.74, 6) is -0.367. The molecule has 1 atom stereocenters. The maximum Gasteiger partial charge on any atom is 0.573 e. The fraction of sp³-hybridized carbons (Fsp3) is 0.130. The Morgan fingerprint density at radius 2 is 1.61 bits per heavy atom. The highest BCUT2D eigenvalue weighted by Crippen LogP contribution is 2.45. The highest BCUT2D eigenvalue weighted by molar-refractivity contribution is 9.10. The lowest BCUT2D eigenvalue weighted by Gasteiger charge is -2.19. The Balaban J connectivity index is 2.15. The van der Waals surface area contributed by atoms with Crippen LogP contribution in [-0.2, 0) is 15.3 Å². The van der Waals surface area contributed by atoms with Crippen molar-refractivity contribution in [3.8, 4) is 16.9 Å². The molecule has 0 spiro atoms. The predicted octanol–water partition coefficient (Wildman–Crippen LogP) is 7.38. The van der Waals surface area contributed by atoms with E-state index in [4.69, 9.17) is 4.18 Å². The lowest BCUT2D eigenvalue weighted by molar-refractivity contribution is -0.274. The third-order valence-corrected chi connectivity index (χ3v) is 6.36. The summed E-state index contributed by atoms with van der Waals surface area (Å²) in [6.45, 7) is 1.89. The molecule has 0 saturated heterocycles. The third-order valence-electron chi connectivity index (χ3n) is 4.71. The van der Waals surface area contributed by atoms with E-state index in [2.05, 4.69) is 20.7 Å². The molecule has 8 heteroatoms. The van der Waals surface area contributed by atoms with Crippen molar-refractivity contribution in [1.82, 2.24) is 0 Å². The Kier molecular flexibility index (Phi) is 6.05. The van der Waals surface area contributed by atoms with Crippen LogP contribution < -0.4 is 4.74 Å². The van der Waals surface area contributed by atoms with E-state index in [1.54, 1.807) is 55.5 Å². The number of halogens is 4. The average molecular weight is 509 g/mol. The summed E-state index contributed by atoms with van der Waals surface area (Å²) in [5.41, 5.74) is 0.597. The summed E-state index contributed by atoms with van der Waals surface area (Å²) >= 11 is 1.52. The monoisotopic (exact) mass is 508 g/mol. The summed E-state index contributed by atoms with van der Waals surface area (Å²) in [5, 5.41) is 2.69. The SMILES string of the molecule is CCOS(=O)c1ccc2ccccc2c1-c1c(OC(F)(F)F)ccc2cc(Br)ccc12. The van der Waals surface area contributed by atoms with E-state index in [9.17, 15) is 17.4 Å². The molecule has 0 aromatic heterocycles. The fourth-order valence-corrected chi connectivity index (χ4v) is 4.84. The van der Waals surface area contributed by atoms with Gasteiger partial charge in [-0.15, -0.1) is 13.2 Å². The molecule has 0 N–H and O–H groups in total. The molecule has 0 saturated carbocycles. The van der Waals surface area contributed by atoms with Gasteiger partial charge in [-0.1, -0.05) is 58.4 Å². The van der Waals surface area contributed by atoms with Crippen LogP contribution in [0.5, 0.6) is 5.75 Å². The lowest BCUT2D eigenvalue weighted by atomic mass is 9.93. The molecule has 0 amide bonds. The topological polar surface area (TPSA) is 35.5 Å². The van der Waals surface area contributed by atoms with Crippen LogP contribution >= 0.6 is 15.9 Å². The van der Waals surface area contributed by atoms with Crippen molar-refractivity contribution in [2.45, 2.75) is 18.2 Å². The van der Waals surface area contributed by atoms with Crippen molar-refractivity contribution in [3.63, 3.8) is 0 Å². The van der Waals surface area contributed by atoms with E-state index in [1.165, 1.54) is 6.07 Å². The molecule has 0 aliphatic carbocycles. The van der Waals surface area contributed by atoms with Gasteiger partial charge in [-0.25, -0.2) is 4.21 Å². The Morgan fingerprint density at radius 3 is 2.35 bits per heavy atom. The maximum absolute atomic E-state index is 13.3. The predicted molar refractivity (Wildman–Crippen MR) is 119 cm³/mol. The summed E-state index contributed by atoms with van der Waals surface area (Å²) < 4.78 is 63.2. The average Bonchev–Trinajstić information content (AvgIpc) is 2.72. The first-order valence-electron chi connectivity index (χ1n) is 9.33. The van der Waals surface area contributed by atoms with Crippen LogP contribution in [0.25, 0.3) is 32.7 Å². The molecule has 0 fully saturated rings. The molecule has 31 heavy (non-hydrogen) atoms. The lowest BCUT2D eigenvalue weighted by Crippen LogP contribution is -2.18. The van der Waals surface area contributed by atoms with Crippen molar-refractivity contribution in [3.05, 3.63) is 71.2 Å². The molecule has 3 nitrogen and oxygen atoms in total. The number of hydrogen-bond acceptors (Lipinski definition) is 3. The number of fused-ring (bicyclic) bond motifs is 2. The zero-order valence-electron chi connectivity index (χ0n) is 16.2. The Hall–Kier alpha value is -2.42. The Morgan fingerprint density at radius 1 is 0.903 bits per heavy atom. The van der Waals surface area contributed by atoms with Gasteiger partial charge < -0.3 is 4.74 Å². The summed E-state index contributed by atoms with van der Waals surface area (Å²) in [7, 11) is 0. The van der Waals surface area contributed by atoms with Gasteiger partial charge >= 0.3 is 6.36 Å². The zero-order valence-corrected chi connectivity index (χ0v) is 18.6. The van der Waals surface area contributed by atoms with Gasteiger partial charge in [0, 0.05) is 15.6 Å². The van der Waals surface area contributed by atoms with Gasteiger partial charge in [0.05, 0.1) is 11.5 Å². The molecule has 4 aromatic carbocycles. The number of benzene rings is 4. The summed E-state index contributed by atoms with van der Waals surface area (Å²) in [6, 6.07) is 18.8. The van der Waals surface area contributed by atoms with Gasteiger partial charge in [0.25, 0.3) is 0 Å². The molecular weight excluding hydrogens is 493 g/mol. The first-order valence-corrected chi connectivity index (χ1v) is 11.2. The molecule has 0 aliphatic rings. The van der Waals surface area contributed by atoms with Crippen molar-refractivity contribution < 1.29 is 26.3 Å². The molecule has 0 heterocycles. The van der Waals surface area contributed by atoms with Crippen LogP contribution in [-0.4, -0.2) is 17.2 Å². The molecule has 160 valence electrons. The van der Waals surface area contributed by atoms with Crippen molar-refractivity contribution in [2.75, 3.05) is 6.61 Å². The smallest absolute Gasteiger partial charge is 0.405 e. The second-order valence-electron chi connectivity index (χ2n) is 6.65. The molecule has 4 aromatic rings. The van der Waals surface area contributed by atoms with E-state index in [1.807, 2.05) is 12.1 Å². The zero-order chi connectivity index (χ0) is 22.2. The largest absolute Gasteiger partial charge is 0.573 e.